The van der Waals surface area contributed by atoms with Crippen molar-refractivity contribution < 1.29 is 19.4 Å². The molecule has 0 atom stereocenters. The molecule has 2 aliphatic rings. The van der Waals surface area contributed by atoms with Gasteiger partial charge in [0.05, 0.1) is 5.41 Å². The molecule has 0 aromatic heterocycles. The van der Waals surface area contributed by atoms with Gasteiger partial charge in [-0.25, -0.2) is 0 Å². The van der Waals surface area contributed by atoms with Gasteiger partial charge in [-0.05, 0) is 67.2 Å². The molecule has 4 heteroatoms. The van der Waals surface area contributed by atoms with Crippen LogP contribution in [0, 0.1) is 11.3 Å². The minimum atomic E-state index is -1.15. The highest BCUT2D eigenvalue weighted by Gasteiger charge is 2.52. The first-order valence-corrected chi connectivity index (χ1v) is 10.5. The summed E-state index contributed by atoms with van der Waals surface area (Å²) in [4.78, 5) is 27.0. The predicted molar refractivity (Wildman–Crippen MR) is 116 cm³/mol. The molecule has 0 aromatic carbocycles. The summed E-state index contributed by atoms with van der Waals surface area (Å²) < 4.78 is 6.14. The van der Waals surface area contributed by atoms with E-state index in [9.17, 15) is 14.7 Å². The molecule has 1 N–H and O–H groups in total. The van der Waals surface area contributed by atoms with Gasteiger partial charge in [0.25, 0.3) is 0 Å². The highest BCUT2D eigenvalue weighted by Crippen LogP contribution is 2.50. The summed E-state index contributed by atoms with van der Waals surface area (Å²) in [7, 11) is 0. The molecule has 0 spiro atoms. The Labute approximate surface area is 175 Å². The van der Waals surface area contributed by atoms with Crippen LogP contribution < -0.4 is 0 Å². The van der Waals surface area contributed by atoms with Crippen molar-refractivity contribution in [3.63, 3.8) is 0 Å². The van der Waals surface area contributed by atoms with E-state index in [1.54, 1.807) is 13.8 Å². The molecular formula is C25H36O4. The number of ketones is 2. The lowest BCUT2D eigenvalue weighted by molar-refractivity contribution is -0.130. The van der Waals surface area contributed by atoms with Crippen molar-refractivity contribution in [1.82, 2.24) is 0 Å². The van der Waals surface area contributed by atoms with E-state index in [2.05, 4.69) is 0 Å². The fourth-order valence-corrected chi connectivity index (χ4v) is 3.83. The van der Waals surface area contributed by atoms with E-state index >= 15 is 0 Å². The molecule has 0 bridgehead atoms. The molecule has 1 aliphatic heterocycles. The fourth-order valence-electron chi connectivity index (χ4n) is 3.83. The summed E-state index contributed by atoms with van der Waals surface area (Å²) in [5.41, 5.74) is 1.25. The van der Waals surface area contributed by atoms with E-state index in [-0.39, 0.29) is 28.8 Å². The van der Waals surface area contributed by atoms with Gasteiger partial charge in [-0.15, -0.1) is 0 Å². The first-order valence-electron chi connectivity index (χ1n) is 10.5. The van der Waals surface area contributed by atoms with Crippen LogP contribution in [0.5, 0.6) is 0 Å². The molecule has 4 nitrogen and oxygen atoms in total. The second-order valence-electron chi connectivity index (χ2n) is 9.79. The lowest BCUT2D eigenvalue weighted by Gasteiger charge is -2.42. The van der Waals surface area contributed by atoms with Crippen molar-refractivity contribution in [3.8, 4) is 0 Å². The smallest absolute Gasteiger partial charge is 0.184 e. The first kappa shape index (κ1) is 23.2. The van der Waals surface area contributed by atoms with E-state index in [1.807, 2.05) is 53.7 Å². The molecular weight excluding hydrogens is 364 g/mol. The number of hydrogen-bond donors (Lipinski definition) is 1. The third-order valence-corrected chi connectivity index (χ3v) is 5.75. The predicted octanol–water partition coefficient (Wildman–Crippen LogP) is 6.15. The number of allylic oxidation sites excluding steroid dienone is 7. The molecule has 0 saturated carbocycles. The third kappa shape index (κ3) is 4.57. The van der Waals surface area contributed by atoms with Crippen LogP contribution in [0.25, 0.3) is 0 Å². The maximum Gasteiger partial charge on any atom is 0.184 e. The average molecular weight is 401 g/mol. The Kier molecular flexibility index (Phi) is 6.66. The molecule has 1 fully saturated rings. The van der Waals surface area contributed by atoms with Gasteiger partial charge >= 0.3 is 0 Å². The van der Waals surface area contributed by atoms with Gasteiger partial charge in [0.2, 0.25) is 0 Å². The largest absolute Gasteiger partial charge is 0.511 e. The number of rotatable bonds is 6. The van der Waals surface area contributed by atoms with Crippen molar-refractivity contribution >= 4 is 11.6 Å². The number of Topliss-reactive ketones (excluding diaryl/α,β-unsaturated/α-hetero) is 2. The van der Waals surface area contributed by atoms with Gasteiger partial charge in [-0.3, -0.25) is 9.59 Å². The van der Waals surface area contributed by atoms with Crippen molar-refractivity contribution in [2.24, 2.45) is 11.3 Å². The summed E-state index contributed by atoms with van der Waals surface area (Å²) >= 11 is 0. The van der Waals surface area contributed by atoms with Crippen LogP contribution in [0.15, 0.2) is 46.0 Å². The number of ether oxygens (including phenoxy) is 1. The SMILES string of the molecule is CC(C)=CCC1(CC=C(C)C)C(=O)C(C(=O)C(C)C)=C2OC(C)(C)CCC2=C1O. The van der Waals surface area contributed by atoms with Gasteiger partial charge in [0.1, 0.15) is 22.7 Å². The number of aliphatic hydroxyl groups is 1. The third-order valence-electron chi connectivity index (χ3n) is 5.75. The Hall–Kier alpha value is -2.10. The lowest BCUT2D eigenvalue weighted by atomic mass is 9.65. The Bertz CT molecular complexity index is 803. The summed E-state index contributed by atoms with van der Waals surface area (Å²) in [5.74, 6) is -0.497. The van der Waals surface area contributed by atoms with Gasteiger partial charge in [-0.2, -0.15) is 0 Å². The second kappa shape index (κ2) is 8.33. The lowest BCUT2D eigenvalue weighted by Crippen LogP contribution is -2.44. The molecule has 0 radical (unpaired) electrons. The summed E-state index contributed by atoms with van der Waals surface area (Å²) in [6, 6.07) is 0. The summed E-state index contributed by atoms with van der Waals surface area (Å²) in [5, 5.41) is 11.4. The Morgan fingerprint density at radius 1 is 1.10 bits per heavy atom. The highest BCUT2D eigenvalue weighted by atomic mass is 16.5. The van der Waals surface area contributed by atoms with Crippen LogP contribution in [0.2, 0.25) is 0 Å². The number of aliphatic hydroxyl groups excluding tert-OH is 1. The van der Waals surface area contributed by atoms with Crippen molar-refractivity contribution in [1.29, 1.82) is 0 Å². The summed E-state index contributed by atoms with van der Waals surface area (Å²) in [6.07, 6.45) is 5.97. The molecule has 0 unspecified atom stereocenters. The van der Waals surface area contributed by atoms with Crippen LogP contribution in [0.3, 0.4) is 0 Å². The monoisotopic (exact) mass is 400 g/mol. The van der Waals surface area contributed by atoms with E-state index in [0.717, 1.165) is 11.1 Å². The number of fused-ring (bicyclic) bond motifs is 1. The van der Waals surface area contributed by atoms with Gasteiger partial charge in [0.15, 0.2) is 11.6 Å². The first-order chi connectivity index (χ1) is 13.3. The molecule has 0 aromatic rings. The van der Waals surface area contributed by atoms with Crippen LogP contribution in [0.1, 0.15) is 81.1 Å². The van der Waals surface area contributed by atoms with Crippen LogP contribution in [-0.2, 0) is 14.3 Å². The zero-order valence-corrected chi connectivity index (χ0v) is 19.2. The minimum Gasteiger partial charge on any atom is -0.511 e. The van der Waals surface area contributed by atoms with Crippen molar-refractivity contribution in [2.45, 2.75) is 86.7 Å². The number of hydrogen-bond acceptors (Lipinski definition) is 4. The zero-order valence-electron chi connectivity index (χ0n) is 19.2. The maximum atomic E-state index is 13.9. The van der Waals surface area contributed by atoms with Gasteiger partial charge in [0, 0.05) is 11.5 Å². The minimum absolute atomic E-state index is 0.0725. The normalized spacial score (nSPS) is 20.2. The van der Waals surface area contributed by atoms with Crippen LogP contribution in [0.4, 0.5) is 0 Å². The van der Waals surface area contributed by atoms with Crippen molar-refractivity contribution in [2.75, 3.05) is 0 Å². The van der Waals surface area contributed by atoms with Crippen molar-refractivity contribution in [3.05, 3.63) is 46.0 Å². The molecule has 1 aliphatic carbocycles. The molecule has 1 saturated heterocycles. The topological polar surface area (TPSA) is 63.6 Å². The maximum absolute atomic E-state index is 13.9. The molecule has 160 valence electrons. The summed E-state index contributed by atoms with van der Waals surface area (Å²) in [6.45, 7) is 15.4. The molecule has 1 heterocycles. The van der Waals surface area contributed by atoms with Crippen LogP contribution in [-0.4, -0.2) is 22.3 Å². The average Bonchev–Trinajstić information content (AvgIpc) is 2.60. The molecule has 29 heavy (non-hydrogen) atoms. The van der Waals surface area contributed by atoms with Crippen LogP contribution >= 0.6 is 0 Å². The molecule has 0 amide bonds. The van der Waals surface area contributed by atoms with E-state index < -0.39 is 11.0 Å². The quantitative estimate of drug-likeness (QED) is 0.429. The van der Waals surface area contributed by atoms with E-state index in [1.165, 1.54) is 0 Å². The van der Waals surface area contributed by atoms with E-state index in [0.29, 0.717) is 37.0 Å². The highest BCUT2D eigenvalue weighted by molar-refractivity contribution is 6.25. The fraction of sp³-hybridized carbons (Fsp3) is 0.600. The zero-order chi connectivity index (χ0) is 22.1. The number of carbonyl (C=O) groups excluding carboxylic acids is 2. The van der Waals surface area contributed by atoms with Gasteiger partial charge in [-0.1, -0.05) is 37.1 Å². The Morgan fingerprint density at radius 3 is 2.07 bits per heavy atom. The molecule has 2 rings (SSSR count). The Balaban J connectivity index is 2.78. The number of carbonyl (C=O) groups is 2. The van der Waals surface area contributed by atoms with E-state index in [4.69, 9.17) is 4.74 Å². The Morgan fingerprint density at radius 2 is 1.62 bits per heavy atom. The van der Waals surface area contributed by atoms with Gasteiger partial charge < -0.3 is 9.84 Å². The standard InChI is InChI=1S/C25H36O4/c1-15(2)9-13-25(14-10-16(3)4)22(27)18-11-12-24(7,8)29-21(18)19(23(25)28)20(26)17(5)6/h9-10,17,27H,11-14H2,1-8H3. The second-order valence-corrected chi connectivity index (χ2v) is 9.79.